The zero-order valence-electron chi connectivity index (χ0n) is 17.6. The van der Waals surface area contributed by atoms with Crippen LogP contribution >= 0.6 is 129 Å². The van der Waals surface area contributed by atoms with Gasteiger partial charge in [-0.05, 0) is 73.7 Å². The third-order valence-electron chi connectivity index (χ3n) is 4.32. The van der Waals surface area contributed by atoms with Gasteiger partial charge in [0.15, 0.2) is 0 Å². The van der Waals surface area contributed by atoms with Crippen molar-refractivity contribution in [1.82, 2.24) is 0 Å². The van der Waals surface area contributed by atoms with Gasteiger partial charge >= 0.3 is 0 Å². The van der Waals surface area contributed by atoms with E-state index in [9.17, 15) is 0 Å². The summed E-state index contributed by atoms with van der Waals surface area (Å²) in [4.78, 5) is 0. The zero-order valence-corrected chi connectivity index (χ0v) is 27.7. The standard InChI is InChI=1S/C16H36Cl8S5/c1-25(17,18)9-5-13-29(14-6-10-26(2,19)20,15-7-11-27(3,21)22)16-8-12-28(4,23)24/h5-16H2,1-4H3. The van der Waals surface area contributed by atoms with Gasteiger partial charge in [-0.15, -0.1) is 0 Å². The van der Waals surface area contributed by atoms with E-state index in [1.807, 2.05) is 25.0 Å². The van der Waals surface area contributed by atoms with Gasteiger partial charge < -0.3 is 0 Å². The highest BCUT2D eigenvalue weighted by Crippen LogP contribution is 2.61. The first-order chi connectivity index (χ1) is 12.8. The van der Waals surface area contributed by atoms with E-state index in [2.05, 4.69) is 0 Å². The van der Waals surface area contributed by atoms with Gasteiger partial charge in [-0.2, -0.15) is 0 Å². The van der Waals surface area contributed by atoms with Gasteiger partial charge in [0.25, 0.3) is 0 Å². The smallest absolute Gasteiger partial charge is 0.00348 e. The molecule has 0 saturated heterocycles. The fourth-order valence-corrected chi connectivity index (χ4v) is 13.3. The van der Waals surface area contributed by atoms with Crippen molar-refractivity contribution in [3.8, 4) is 0 Å². The monoisotopic (exact) mass is 668 g/mol. The highest BCUT2D eigenvalue weighted by atomic mass is 36.0. The summed E-state index contributed by atoms with van der Waals surface area (Å²) >= 11 is 0. The van der Waals surface area contributed by atoms with Gasteiger partial charge in [-0.1, -0.05) is 119 Å². The van der Waals surface area contributed by atoms with Gasteiger partial charge in [0.1, 0.15) is 0 Å². The Hall–Kier alpha value is 4.07. The molecule has 0 unspecified atom stereocenters. The van der Waals surface area contributed by atoms with Crippen LogP contribution in [-0.4, -0.2) is 71.0 Å². The lowest BCUT2D eigenvalue weighted by molar-refractivity contribution is 0.999. The Balaban J connectivity index is 5.26. The maximum atomic E-state index is 6.32. The molecule has 0 heterocycles. The van der Waals surface area contributed by atoms with Crippen LogP contribution in [0.2, 0.25) is 0 Å². The fourth-order valence-electron chi connectivity index (χ4n) is 3.09. The molecule has 0 radical (unpaired) electrons. The van der Waals surface area contributed by atoms with Gasteiger partial charge in [-0.25, -0.2) is 10.0 Å². The van der Waals surface area contributed by atoms with E-state index < -0.39 is 43.8 Å². The molecule has 0 N–H and O–H groups in total. The second-order valence-electron chi connectivity index (χ2n) is 7.77. The van der Waals surface area contributed by atoms with Crippen molar-refractivity contribution >= 4 is 129 Å². The molecule has 0 amide bonds. The molecule has 0 nitrogen and oxygen atoms in total. The predicted octanol–water partition coefficient (Wildman–Crippen LogP) is 11.3. The lowest BCUT2D eigenvalue weighted by atomic mass is 10.5. The molecule has 13 heteroatoms. The summed E-state index contributed by atoms with van der Waals surface area (Å²) in [5, 5.41) is 0. The second-order valence-corrected chi connectivity index (χ2v) is 38.7. The van der Waals surface area contributed by atoms with E-state index in [4.69, 9.17) is 85.5 Å². The molecular weight excluding hydrogens is 636 g/mol. The largest absolute Gasteiger partial charge is 0.241 e. The van der Waals surface area contributed by atoms with Crippen LogP contribution in [0.1, 0.15) is 25.7 Å². The Morgan fingerprint density at radius 2 is 0.517 bits per heavy atom. The van der Waals surface area contributed by atoms with Crippen LogP contribution in [0.15, 0.2) is 0 Å². The predicted molar refractivity (Wildman–Crippen MR) is 166 cm³/mol. The van der Waals surface area contributed by atoms with Gasteiger partial charge in [-0.3, -0.25) is 0 Å². The van der Waals surface area contributed by atoms with E-state index >= 15 is 0 Å². The van der Waals surface area contributed by atoms with Crippen molar-refractivity contribution in [2.24, 2.45) is 0 Å². The molecular formula is C16H36Cl8S5. The van der Waals surface area contributed by atoms with E-state index in [0.29, 0.717) is 0 Å². The minimum absolute atomic E-state index is 0.862. The van der Waals surface area contributed by atoms with Gasteiger partial charge in [0.2, 0.25) is 0 Å². The molecule has 0 aromatic rings. The molecule has 0 fully saturated rings. The van der Waals surface area contributed by atoms with Crippen molar-refractivity contribution in [2.75, 3.05) is 71.0 Å². The van der Waals surface area contributed by atoms with E-state index in [1.54, 1.807) is 0 Å². The van der Waals surface area contributed by atoms with Crippen LogP contribution in [0.25, 0.3) is 0 Å². The van der Waals surface area contributed by atoms with E-state index in [1.165, 1.54) is 0 Å². The van der Waals surface area contributed by atoms with Crippen molar-refractivity contribution in [3.63, 3.8) is 0 Å². The molecule has 0 bridgehead atoms. The summed E-state index contributed by atoms with van der Waals surface area (Å²) in [6, 6.07) is 0. The third kappa shape index (κ3) is 22.3. The first-order valence-corrected chi connectivity index (χ1v) is 26.9. The molecule has 0 aliphatic heterocycles. The third-order valence-corrected chi connectivity index (χ3v) is 16.7. The molecule has 0 aromatic heterocycles. The van der Waals surface area contributed by atoms with Gasteiger partial charge in [0, 0.05) is 23.0 Å². The lowest BCUT2D eigenvalue weighted by Gasteiger charge is -2.43. The summed E-state index contributed by atoms with van der Waals surface area (Å²) < 4.78 is 0. The Morgan fingerprint density at radius 1 is 0.345 bits per heavy atom. The van der Waals surface area contributed by atoms with Crippen molar-refractivity contribution in [2.45, 2.75) is 25.7 Å². The van der Waals surface area contributed by atoms with Crippen molar-refractivity contribution in [3.05, 3.63) is 0 Å². The topological polar surface area (TPSA) is 0 Å². The number of hydrogen-bond acceptors (Lipinski definition) is 0. The SMILES string of the molecule is CS(Cl)(Cl)CCCS(CCCS(C)(Cl)Cl)(CCCS(C)(Cl)Cl)CCCS(C)(Cl)Cl. The van der Waals surface area contributed by atoms with Crippen molar-refractivity contribution < 1.29 is 0 Å². The lowest BCUT2D eigenvalue weighted by Crippen LogP contribution is -2.21. The molecule has 0 rings (SSSR count). The fraction of sp³-hybridized carbons (Fsp3) is 1.00. The Bertz CT molecular complexity index is 369. The first-order valence-electron chi connectivity index (χ1n) is 9.18. The molecule has 186 valence electrons. The number of rotatable bonds is 16. The molecule has 0 aliphatic rings. The molecule has 0 spiro atoms. The summed E-state index contributed by atoms with van der Waals surface area (Å²) in [5.41, 5.74) is 0. The van der Waals surface area contributed by atoms with Crippen LogP contribution in [0, 0.1) is 0 Å². The molecule has 0 saturated carbocycles. The zero-order chi connectivity index (χ0) is 23.0. The van der Waals surface area contributed by atoms with E-state index in [0.717, 1.165) is 71.7 Å². The van der Waals surface area contributed by atoms with Crippen LogP contribution < -0.4 is 0 Å². The quantitative estimate of drug-likeness (QED) is 0.153. The molecule has 0 aromatic carbocycles. The highest BCUT2D eigenvalue weighted by molar-refractivity contribution is 8.66. The molecule has 29 heavy (non-hydrogen) atoms. The average Bonchev–Trinajstić information content (AvgIpc) is 2.41. The van der Waals surface area contributed by atoms with E-state index in [-0.39, 0.29) is 0 Å². The number of halogens is 8. The summed E-state index contributed by atoms with van der Waals surface area (Å²) in [5.74, 6) is 8.05. The normalized spacial score (nSPS) is 17.2. The number of hydrogen-bond donors (Lipinski definition) is 0. The Morgan fingerprint density at radius 3 is 0.655 bits per heavy atom. The summed E-state index contributed by atoms with van der Waals surface area (Å²) in [6.45, 7) is 0. The molecule has 0 atom stereocenters. The maximum Gasteiger partial charge on any atom is 0.00348 e. The average molecular weight is 672 g/mol. The summed E-state index contributed by atoms with van der Waals surface area (Å²) in [6.07, 6.45) is 11.9. The van der Waals surface area contributed by atoms with Crippen LogP contribution in [0.3, 0.4) is 0 Å². The molecule has 0 aliphatic carbocycles. The van der Waals surface area contributed by atoms with Crippen LogP contribution in [0.5, 0.6) is 0 Å². The maximum absolute atomic E-state index is 6.32. The minimum Gasteiger partial charge on any atom is -0.241 e. The Labute approximate surface area is 223 Å². The highest BCUT2D eigenvalue weighted by Gasteiger charge is 2.27. The first kappa shape index (κ1) is 33.1. The minimum atomic E-state index is -1.53. The van der Waals surface area contributed by atoms with Crippen LogP contribution in [0.4, 0.5) is 0 Å². The van der Waals surface area contributed by atoms with Gasteiger partial charge in [0.05, 0.1) is 0 Å². The summed E-state index contributed by atoms with van der Waals surface area (Å²) in [7, 11) is 43.5. The van der Waals surface area contributed by atoms with Crippen molar-refractivity contribution in [1.29, 1.82) is 0 Å². The van der Waals surface area contributed by atoms with Crippen LogP contribution in [-0.2, 0) is 0 Å². The second kappa shape index (κ2) is 14.6. The Kier molecular flexibility index (Phi) is 16.6.